The van der Waals surface area contributed by atoms with Gasteiger partial charge in [0.2, 0.25) is 5.91 Å². The molecule has 0 saturated carbocycles. The van der Waals surface area contributed by atoms with Gasteiger partial charge in [-0.05, 0) is 23.3 Å². The average Bonchev–Trinajstić information content (AvgIpc) is 3.10. The average molecular weight is 368 g/mol. The number of benzene rings is 2. The number of ether oxygens (including phenoxy) is 2. The maximum atomic E-state index is 12.6. The third kappa shape index (κ3) is 3.95. The molecule has 0 bridgehead atoms. The molecule has 2 N–H and O–H groups in total. The van der Waals surface area contributed by atoms with Gasteiger partial charge in [0.05, 0.1) is 13.2 Å². The number of rotatable bonds is 6. The summed E-state index contributed by atoms with van der Waals surface area (Å²) in [6.45, 7) is 2.15. The number of fused-ring (bicyclic) bond motifs is 1. The van der Waals surface area contributed by atoms with Crippen molar-refractivity contribution < 1.29 is 19.1 Å². The van der Waals surface area contributed by atoms with Crippen LogP contribution in [0.5, 0.6) is 5.75 Å². The topological polar surface area (TPSA) is 81.9 Å². The highest BCUT2D eigenvalue weighted by Crippen LogP contribution is 2.38. The van der Waals surface area contributed by atoms with Gasteiger partial charge in [-0.2, -0.15) is 0 Å². The maximum absolute atomic E-state index is 12.6. The van der Waals surface area contributed by atoms with Crippen molar-refractivity contribution in [2.45, 2.75) is 32.0 Å². The summed E-state index contributed by atoms with van der Waals surface area (Å²) in [5.74, 6) is 0.0604. The fraction of sp³-hybridized carbons (Fsp3) is 0.333. The van der Waals surface area contributed by atoms with Gasteiger partial charge in [-0.15, -0.1) is 0 Å². The molecule has 1 unspecified atom stereocenters. The minimum atomic E-state index is -0.740. The molecule has 3 rings (SSSR count). The van der Waals surface area contributed by atoms with Crippen LogP contribution in [0.3, 0.4) is 0 Å². The lowest BCUT2D eigenvalue weighted by atomic mass is 9.98. The smallest absolute Gasteiger partial charge is 0.328 e. The number of methoxy groups -OCH3 is 1. The lowest BCUT2D eigenvalue weighted by Gasteiger charge is -2.33. The van der Waals surface area contributed by atoms with Crippen LogP contribution in [0.2, 0.25) is 0 Å². The van der Waals surface area contributed by atoms with Crippen LogP contribution in [-0.4, -0.2) is 36.5 Å². The van der Waals surface area contributed by atoms with Gasteiger partial charge < -0.3 is 20.1 Å². The molecule has 0 spiro atoms. The Kier molecular flexibility index (Phi) is 5.76. The van der Waals surface area contributed by atoms with E-state index in [9.17, 15) is 9.59 Å². The van der Waals surface area contributed by atoms with E-state index in [0.717, 1.165) is 16.7 Å². The third-order valence-electron chi connectivity index (χ3n) is 4.85. The molecule has 0 saturated heterocycles. The van der Waals surface area contributed by atoms with Crippen molar-refractivity contribution in [1.82, 2.24) is 4.90 Å². The zero-order chi connectivity index (χ0) is 19.4. The molecular formula is C21H24N2O4. The Labute approximate surface area is 158 Å². The molecule has 142 valence electrons. The van der Waals surface area contributed by atoms with E-state index in [1.54, 1.807) is 4.90 Å². The minimum Gasteiger partial charge on any atom is -0.491 e. The number of esters is 1. The van der Waals surface area contributed by atoms with Crippen LogP contribution in [-0.2, 0) is 27.3 Å². The van der Waals surface area contributed by atoms with Crippen molar-refractivity contribution in [2.24, 2.45) is 5.73 Å². The van der Waals surface area contributed by atoms with Crippen LogP contribution < -0.4 is 10.5 Å². The Balaban J connectivity index is 1.98. The highest BCUT2D eigenvalue weighted by atomic mass is 16.5. The number of nitrogens with zero attached hydrogens (tertiary/aromatic N) is 1. The number of amides is 1. The first-order chi connectivity index (χ1) is 13.0. The van der Waals surface area contributed by atoms with Crippen LogP contribution >= 0.6 is 0 Å². The predicted molar refractivity (Wildman–Crippen MR) is 101 cm³/mol. The second kappa shape index (κ2) is 8.22. The fourth-order valence-electron chi connectivity index (χ4n) is 3.53. The molecule has 2 aromatic carbocycles. The van der Waals surface area contributed by atoms with E-state index < -0.39 is 12.0 Å². The number of hydrogen-bond acceptors (Lipinski definition) is 5. The second-order valence-corrected chi connectivity index (χ2v) is 6.56. The fourth-order valence-corrected chi connectivity index (χ4v) is 3.53. The zero-order valence-electron chi connectivity index (χ0n) is 15.6. The van der Waals surface area contributed by atoms with E-state index in [1.807, 2.05) is 48.5 Å². The van der Waals surface area contributed by atoms with E-state index >= 15 is 0 Å². The van der Waals surface area contributed by atoms with Crippen LogP contribution in [0, 0.1) is 0 Å². The highest BCUT2D eigenvalue weighted by Gasteiger charge is 2.39. The summed E-state index contributed by atoms with van der Waals surface area (Å²) in [5.41, 5.74) is 8.53. The first kappa shape index (κ1) is 18.9. The monoisotopic (exact) mass is 368 g/mol. The SMILES string of the molecule is COC(=O)[C@H](Cc1ccccc1)N(C(C)=O)C1COc2ccc(CN)cc21. The lowest BCUT2D eigenvalue weighted by Crippen LogP contribution is -2.48. The summed E-state index contributed by atoms with van der Waals surface area (Å²) in [7, 11) is 1.34. The van der Waals surface area contributed by atoms with Gasteiger partial charge in [0, 0.05) is 25.5 Å². The van der Waals surface area contributed by atoms with Crippen molar-refractivity contribution in [3.05, 3.63) is 65.2 Å². The van der Waals surface area contributed by atoms with Crippen molar-refractivity contribution >= 4 is 11.9 Å². The van der Waals surface area contributed by atoms with Crippen LogP contribution in [0.4, 0.5) is 0 Å². The van der Waals surface area contributed by atoms with E-state index in [0.29, 0.717) is 25.3 Å². The van der Waals surface area contributed by atoms with Crippen molar-refractivity contribution in [3.63, 3.8) is 0 Å². The molecule has 2 aromatic rings. The molecule has 1 aliphatic rings. The molecule has 0 aliphatic carbocycles. The Morgan fingerprint density at radius 3 is 2.59 bits per heavy atom. The summed E-state index contributed by atoms with van der Waals surface area (Å²) >= 11 is 0. The van der Waals surface area contributed by atoms with Gasteiger partial charge in [-0.25, -0.2) is 4.79 Å². The summed E-state index contributed by atoms with van der Waals surface area (Å²) in [4.78, 5) is 26.7. The molecule has 1 amide bonds. The summed E-state index contributed by atoms with van der Waals surface area (Å²) in [5, 5.41) is 0. The first-order valence-electron chi connectivity index (χ1n) is 8.91. The first-order valence-corrected chi connectivity index (χ1v) is 8.91. The van der Waals surface area contributed by atoms with Crippen LogP contribution in [0.1, 0.15) is 29.7 Å². The van der Waals surface area contributed by atoms with Crippen LogP contribution in [0.25, 0.3) is 0 Å². The molecule has 0 fully saturated rings. The maximum Gasteiger partial charge on any atom is 0.328 e. The van der Waals surface area contributed by atoms with Crippen molar-refractivity contribution in [3.8, 4) is 5.75 Å². The zero-order valence-corrected chi connectivity index (χ0v) is 15.6. The number of nitrogens with two attached hydrogens (primary N) is 1. The molecule has 0 radical (unpaired) electrons. The van der Waals surface area contributed by atoms with Gasteiger partial charge in [-0.1, -0.05) is 36.4 Å². The minimum absolute atomic E-state index is 0.207. The Bertz CT molecular complexity index is 822. The second-order valence-electron chi connectivity index (χ2n) is 6.56. The van der Waals surface area contributed by atoms with E-state index in [1.165, 1.54) is 14.0 Å². The van der Waals surface area contributed by atoms with Gasteiger partial charge in [0.25, 0.3) is 0 Å². The molecular weight excluding hydrogens is 344 g/mol. The predicted octanol–water partition coefficient (Wildman–Crippen LogP) is 2.21. The Morgan fingerprint density at radius 2 is 1.96 bits per heavy atom. The van der Waals surface area contributed by atoms with Crippen molar-refractivity contribution in [1.29, 1.82) is 0 Å². The molecule has 6 nitrogen and oxygen atoms in total. The molecule has 1 heterocycles. The molecule has 27 heavy (non-hydrogen) atoms. The van der Waals surface area contributed by atoms with E-state index in [4.69, 9.17) is 15.2 Å². The lowest BCUT2D eigenvalue weighted by molar-refractivity contribution is -0.154. The van der Waals surface area contributed by atoms with Gasteiger partial charge in [-0.3, -0.25) is 4.79 Å². The standard InChI is InChI=1S/C21H24N2O4/c1-14(24)23(18(21(25)26-2)11-15-6-4-3-5-7-15)19-13-27-20-9-8-16(12-22)10-17(19)20/h3-10,18-19H,11-13,22H2,1-2H3/t18-,19?/m0/s1. The number of carbonyl (C=O) groups is 2. The van der Waals surface area contributed by atoms with Gasteiger partial charge >= 0.3 is 5.97 Å². The molecule has 0 aromatic heterocycles. The highest BCUT2D eigenvalue weighted by molar-refractivity contribution is 5.84. The normalized spacial score (nSPS) is 16.2. The summed E-state index contributed by atoms with van der Waals surface area (Å²) in [6, 6.07) is 14.2. The summed E-state index contributed by atoms with van der Waals surface area (Å²) in [6.07, 6.45) is 0.371. The number of hydrogen-bond donors (Lipinski definition) is 1. The van der Waals surface area contributed by atoms with Crippen molar-refractivity contribution in [2.75, 3.05) is 13.7 Å². The van der Waals surface area contributed by atoms with Gasteiger partial charge in [0.15, 0.2) is 0 Å². The number of carbonyl (C=O) groups excluding carboxylic acids is 2. The molecule has 1 aliphatic heterocycles. The largest absolute Gasteiger partial charge is 0.491 e. The Morgan fingerprint density at radius 1 is 1.22 bits per heavy atom. The molecule has 2 atom stereocenters. The third-order valence-corrected chi connectivity index (χ3v) is 4.85. The Hall–Kier alpha value is -2.86. The van der Waals surface area contributed by atoms with Crippen LogP contribution in [0.15, 0.2) is 48.5 Å². The quantitative estimate of drug-likeness (QED) is 0.791. The molecule has 6 heteroatoms. The van der Waals surface area contributed by atoms with E-state index in [2.05, 4.69) is 0 Å². The van der Waals surface area contributed by atoms with Gasteiger partial charge in [0.1, 0.15) is 18.4 Å². The van der Waals surface area contributed by atoms with E-state index in [-0.39, 0.29) is 11.9 Å². The summed E-state index contributed by atoms with van der Waals surface area (Å²) < 4.78 is 10.8.